The highest BCUT2D eigenvalue weighted by molar-refractivity contribution is 5.63. The van der Waals surface area contributed by atoms with Gasteiger partial charge in [0.25, 0.3) is 5.56 Å². The summed E-state index contributed by atoms with van der Waals surface area (Å²) in [4.78, 5) is 14.9. The maximum Gasteiger partial charge on any atom is 0.259 e. The van der Waals surface area contributed by atoms with Crippen molar-refractivity contribution in [1.29, 1.82) is 0 Å². The minimum absolute atomic E-state index is 0.231. The van der Waals surface area contributed by atoms with Gasteiger partial charge in [0.05, 0.1) is 5.56 Å². The molecular weight excluding hydrogens is 254 g/mol. The Hall–Kier alpha value is -2.76. The topological polar surface area (TPSA) is 87.3 Å². The van der Waals surface area contributed by atoms with Gasteiger partial charge in [-0.1, -0.05) is 25.1 Å². The van der Waals surface area contributed by atoms with E-state index in [-0.39, 0.29) is 5.56 Å². The van der Waals surface area contributed by atoms with Gasteiger partial charge in [0.15, 0.2) is 0 Å². The summed E-state index contributed by atoms with van der Waals surface area (Å²) in [6.45, 7) is 2.10. The van der Waals surface area contributed by atoms with Crippen molar-refractivity contribution in [3.8, 4) is 22.6 Å². The smallest absolute Gasteiger partial charge is 0.259 e. The average Bonchev–Trinajstić information content (AvgIpc) is 3.01. The Labute approximate surface area is 114 Å². The normalized spacial score (nSPS) is 10.7. The molecule has 0 aliphatic carbocycles. The third kappa shape index (κ3) is 2.23. The molecule has 0 atom stereocenters. The van der Waals surface area contributed by atoms with E-state index in [2.05, 4.69) is 44.7 Å². The van der Waals surface area contributed by atoms with Gasteiger partial charge in [0.2, 0.25) is 5.82 Å². The molecule has 100 valence electrons. The lowest BCUT2D eigenvalue weighted by molar-refractivity contribution is 0.881. The molecule has 2 N–H and O–H groups in total. The van der Waals surface area contributed by atoms with Crippen molar-refractivity contribution in [1.82, 2.24) is 25.6 Å². The van der Waals surface area contributed by atoms with E-state index in [0.29, 0.717) is 11.4 Å². The standard InChI is InChI=1S/C14H13N5O/c1-2-9-4-3-5-10(8-9)12-7-6-11(14(20)15-12)13-16-18-19-17-13/h3-8H,2H2,1H3,(H,15,20)(H,16,17,18,19). The second-order valence-corrected chi connectivity index (χ2v) is 4.40. The van der Waals surface area contributed by atoms with Crippen LogP contribution in [0.1, 0.15) is 12.5 Å². The van der Waals surface area contributed by atoms with E-state index in [1.54, 1.807) is 6.07 Å². The summed E-state index contributed by atoms with van der Waals surface area (Å²) in [5.74, 6) is 0.292. The molecule has 2 heterocycles. The number of rotatable bonds is 3. The van der Waals surface area contributed by atoms with E-state index < -0.39 is 0 Å². The first kappa shape index (κ1) is 12.3. The second-order valence-electron chi connectivity index (χ2n) is 4.40. The number of tetrazole rings is 1. The van der Waals surface area contributed by atoms with E-state index in [9.17, 15) is 4.79 Å². The Kier molecular flexibility index (Phi) is 3.12. The lowest BCUT2D eigenvalue weighted by atomic mass is 10.1. The minimum atomic E-state index is -0.231. The first-order chi connectivity index (χ1) is 9.78. The molecule has 0 fully saturated rings. The SMILES string of the molecule is CCc1cccc(-c2ccc(-c3nn[nH]n3)c(=O)[nH]2)c1. The molecule has 20 heavy (non-hydrogen) atoms. The zero-order valence-corrected chi connectivity index (χ0v) is 10.9. The van der Waals surface area contributed by atoms with Gasteiger partial charge in [-0.2, -0.15) is 5.21 Å². The molecule has 0 saturated heterocycles. The number of aromatic nitrogens is 5. The van der Waals surface area contributed by atoms with Gasteiger partial charge in [-0.15, -0.1) is 10.2 Å². The molecule has 0 spiro atoms. The molecule has 3 aromatic rings. The van der Waals surface area contributed by atoms with E-state index >= 15 is 0 Å². The summed E-state index contributed by atoms with van der Waals surface area (Å²) in [5, 5.41) is 13.4. The fourth-order valence-corrected chi connectivity index (χ4v) is 2.05. The zero-order chi connectivity index (χ0) is 13.9. The molecule has 0 bridgehead atoms. The van der Waals surface area contributed by atoms with Gasteiger partial charge in [0.1, 0.15) is 0 Å². The van der Waals surface area contributed by atoms with Crippen LogP contribution in [-0.4, -0.2) is 25.6 Å². The number of H-pyrrole nitrogens is 2. The number of aryl methyl sites for hydroxylation is 1. The molecule has 1 aromatic carbocycles. The molecule has 6 heteroatoms. The van der Waals surface area contributed by atoms with Crippen molar-refractivity contribution in [3.05, 3.63) is 52.3 Å². The number of benzene rings is 1. The molecule has 0 saturated carbocycles. The lowest BCUT2D eigenvalue weighted by Gasteiger charge is -2.04. The molecule has 2 aromatic heterocycles. The maximum atomic E-state index is 12.1. The highest BCUT2D eigenvalue weighted by Gasteiger charge is 2.09. The van der Waals surface area contributed by atoms with Crippen molar-refractivity contribution in [3.63, 3.8) is 0 Å². The maximum absolute atomic E-state index is 12.1. The second kappa shape index (κ2) is 5.08. The van der Waals surface area contributed by atoms with Gasteiger partial charge in [0, 0.05) is 5.69 Å². The predicted octanol–water partition coefficient (Wildman–Crippen LogP) is 1.78. The summed E-state index contributed by atoms with van der Waals surface area (Å²) < 4.78 is 0. The molecule has 0 aliphatic heterocycles. The van der Waals surface area contributed by atoms with E-state index in [1.165, 1.54) is 5.56 Å². The lowest BCUT2D eigenvalue weighted by Crippen LogP contribution is -2.10. The number of hydrogen-bond donors (Lipinski definition) is 2. The predicted molar refractivity (Wildman–Crippen MR) is 75.0 cm³/mol. The minimum Gasteiger partial charge on any atom is -0.321 e. The molecule has 3 rings (SSSR count). The first-order valence-electron chi connectivity index (χ1n) is 6.34. The zero-order valence-electron chi connectivity index (χ0n) is 10.9. The molecule has 0 unspecified atom stereocenters. The van der Waals surface area contributed by atoms with E-state index in [1.807, 2.05) is 18.2 Å². The van der Waals surface area contributed by atoms with Crippen molar-refractivity contribution < 1.29 is 0 Å². The van der Waals surface area contributed by atoms with Crippen LogP contribution in [0.4, 0.5) is 0 Å². The van der Waals surface area contributed by atoms with E-state index in [4.69, 9.17) is 0 Å². The van der Waals surface area contributed by atoms with Gasteiger partial charge in [-0.25, -0.2) is 0 Å². The van der Waals surface area contributed by atoms with Crippen molar-refractivity contribution >= 4 is 0 Å². The Bertz CT molecular complexity index is 776. The molecule has 0 radical (unpaired) electrons. The summed E-state index contributed by atoms with van der Waals surface area (Å²) in [5.41, 5.74) is 3.16. The van der Waals surface area contributed by atoms with Crippen LogP contribution in [0.5, 0.6) is 0 Å². The fourth-order valence-electron chi connectivity index (χ4n) is 2.05. The van der Waals surface area contributed by atoms with Crippen molar-refractivity contribution in [2.24, 2.45) is 0 Å². The molecule has 0 aliphatic rings. The van der Waals surface area contributed by atoms with Crippen molar-refractivity contribution in [2.45, 2.75) is 13.3 Å². The number of nitrogens with zero attached hydrogens (tertiary/aromatic N) is 3. The number of hydrogen-bond acceptors (Lipinski definition) is 4. The Morgan fingerprint density at radius 1 is 1.20 bits per heavy atom. The van der Waals surface area contributed by atoms with Crippen LogP contribution in [0.2, 0.25) is 0 Å². The fraction of sp³-hybridized carbons (Fsp3) is 0.143. The largest absolute Gasteiger partial charge is 0.321 e. The van der Waals surface area contributed by atoms with Gasteiger partial charge in [-0.3, -0.25) is 4.79 Å². The average molecular weight is 267 g/mol. The molecular formula is C14H13N5O. The van der Waals surface area contributed by atoms with Gasteiger partial charge in [-0.05, 0) is 41.0 Å². The summed E-state index contributed by atoms with van der Waals surface area (Å²) >= 11 is 0. The third-order valence-electron chi connectivity index (χ3n) is 3.14. The number of pyridine rings is 1. The quantitative estimate of drug-likeness (QED) is 0.757. The van der Waals surface area contributed by atoms with Crippen molar-refractivity contribution in [2.75, 3.05) is 0 Å². The number of nitrogens with one attached hydrogen (secondary N) is 2. The molecule has 0 amide bonds. The van der Waals surface area contributed by atoms with Gasteiger partial charge < -0.3 is 4.98 Å². The van der Waals surface area contributed by atoms with Crippen LogP contribution in [0.25, 0.3) is 22.6 Å². The Balaban J connectivity index is 2.04. The Morgan fingerprint density at radius 2 is 2.10 bits per heavy atom. The highest BCUT2D eigenvalue weighted by Crippen LogP contribution is 2.19. The van der Waals surface area contributed by atoms with E-state index in [0.717, 1.165) is 17.7 Å². The Morgan fingerprint density at radius 3 is 2.80 bits per heavy atom. The first-order valence-corrected chi connectivity index (χ1v) is 6.34. The molecule has 6 nitrogen and oxygen atoms in total. The van der Waals surface area contributed by atoms with Crippen LogP contribution in [0.15, 0.2) is 41.2 Å². The van der Waals surface area contributed by atoms with Crippen LogP contribution in [-0.2, 0) is 6.42 Å². The van der Waals surface area contributed by atoms with Crippen LogP contribution in [0, 0.1) is 0 Å². The highest BCUT2D eigenvalue weighted by atomic mass is 16.1. The summed E-state index contributed by atoms with van der Waals surface area (Å²) in [7, 11) is 0. The van der Waals surface area contributed by atoms with Crippen LogP contribution < -0.4 is 5.56 Å². The van der Waals surface area contributed by atoms with Crippen LogP contribution >= 0.6 is 0 Å². The summed E-state index contributed by atoms with van der Waals surface area (Å²) in [6, 6.07) is 11.6. The van der Waals surface area contributed by atoms with Crippen LogP contribution in [0.3, 0.4) is 0 Å². The summed E-state index contributed by atoms with van der Waals surface area (Å²) in [6.07, 6.45) is 0.957. The number of aromatic amines is 2. The third-order valence-corrected chi connectivity index (χ3v) is 3.14. The monoisotopic (exact) mass is 267 g/mol. The van der Waals surface area contributed by atoms with Gasteiger partial charge >= 0.3 is 0 Å².